The van der Waals surface area contributed by atoms with Crippen LogP contribution >= 0.6 is 27.5 Å². The summed E-state index contributed by atoms with van der Waals surface area (Å²) in [6.45, 7) is 1.84. The van der Waals surface area contributed by atoms with Crippen molar-refractivity contribution in [3.63, 3.8) is 0 Å². The molecule has 106 valence electrons. The summed E-state index contributed by atoms with van der Waals surface area (Å²) in [7, 11) is 0. The number of aromatic nitrogens is 1. The zero-order valence-electron chi connectivity index (χ0n) is 10.1. The van der Waals surface area contributed by atoms with Gasteiger partial charge < -0.3 is 4.74 Å². The maximum atomic E-state index is 12.7. The quantitative estimate of drug-likeness (QED) is 0.644. The van der Waals surface area contributed by atoms with E-state index in [-0.39, 0.29) is 11.0 Å². The Kier molecular flexibility index (Phi) is 4.25. The molecule has 2 nitrogen and oxygen atoms in total. The van der Waals surface area contributed by atoms with Gasteiger partial charge in [-0.1, -0.05) is 27.5 Å². The number of rotatable bonds is 2. The van der Waals surface area contributed by atoms with Gasteiger partial charge in [-0.3, -0.25) is 0 Å². The van der Waals surface area contributed by atoms with Crippen LogP contribution in [0.5, 0.6) is 11.6 Å². The predicted octanol–water partition coefficient (Wildman–Crippen LogP) is 5.62. The molecule has 1 aromatic heterocycles. The van der Waals surface area contributed by atoms with Crippen molar-refractivity contribution in [2.45, 2.75) is 13.1 Å². The third-order valence-electron chi connectivity index (χ3n) is 2.45. The Balaban J connectivity index is 2.33. The van der Waals surface area contributed by atoms with E-state index < -0.39 is 11.7 Å². The van der Waals surface area contributed by atoms with Crippen molar-refractivity contribution in [1.82, 2.24) is 4.98 Å². The number of benzene rings is 1. The average Bonchev–Trinajstić information content (AvgIpc) is 2.32. The van der Waals surface area contributed by atoms with Crippen LogP contribution in [0.3, 0.4) is 0 Å². The molecule has 0 fully saturated rings. The van der Waals surface area contributed by atoms with Gasteiger partial charge >= 0.3 is 6.18 Å². The molecule has 0 bridgehead atoms. The Bertz CT molecular complexity index is 646. The number of hydrogen-bond donors (Lipinski definition) is 0. The van der Waals surface area contributed by atoms with E-state index in [1.807, 2.05) is 6.92 Å². The zero-order valence-corrected chi connectivity index (χ0v) is 12.5. The minimum atomic E-state index is -4.50. The van der Waals surface area contributed by atoms with E-state index >= 15 is 0 Å². The van der Waals surface area contributed by atoms with Gasteiger partial charge in [-0.15, -0.1) is 0 Å². The van der Waals surface area contributed by atoms with Gasteiger partial charge in [0.25, 0.3) is 0 Å². The summed E-state index contributed by atoms with van der Waals surface area (Å²) in [5.74, 6) is 0.181. The van der Waals surface area contributed by atoms with E-state index in [9.17, 15) is 13.2 Å². The van der Waals surface area contributed by atoms with Gasteiger partial charge in [0, 0.05) is 10.5 Å². The molecule has 0 spiro atoms. The van der Waals surface area contributed by atoms with E-state index in [1.54, 1.807) is 18.2 Å². The Hall–Kier alpha value is -1.27. The lowest BCUT2D eigenvalue weighted by molar-refractivity contribution is -0.137. The SMILES string of the molecule is Cc1cc(Oc2cc(C(F)(F)F)cc(Cl)n2)ccc1Br. The number of pyridine rings is 1. The first-order valence-electron chi connectivity index (χ1n) is 5.44. The van der Waals surface area contributed by atoms with E-state index in [0.29, 0.717) is 5.75 Å². The lowest BCUT2D eigenvalue weighted by Crippen LogP contribution is -2.05. The highest BCUT2D eigenvalue weighted by molar-refractivity contribution is 9.10. The molecule has 0 saturated heterocycles. The lowest BCUT2D eigenvalue weighted by Gasteiger charge is -2.10. The average molecular weight is 367 g/mol. The number of nitrogens with zero attached hydrogens (tertiary/aromatic N) is 1. The summed E-state index contributed by atoms with van der Waals surface area (Å²) in [6.07, 6.45) is -4.50. The van der Waals surface area contributed by atoms with E-state index in [1.165, 1.54) is 0 Å². The molecule has 0 N–H and O–H groups in total. The third-order valence-corrected chi connectivity index (χ3v) is 3.53. The molecule has 0 radical (unpaired) electrons. The molecular formula is C13H8BrClF3NO. The number of alkyl halides is 3. The third kappa shape index (κ3) is 3.64. The highest BCUT2D eigenvalue weighted by atomic mass is 79.9. The molecule has 0 aliphatic heterocycles. The predicted molar refractivity (Wildman–Crippen MR) is 73.2 cm³/mol. The van der Waals surface area contributed by atoms with Gasteiger partial charge in [-0.05, 0) is 36.8 Å². The van der Waals surface area contributed by atoms with Crippen LogP contribution in [0, 0.1) is 6.92 Å². The van der Waals surface area contributed by atoms with Crippen molar-refractivity contribution in [1.29, 1.82) is 0 Å². The minimum Gasteiger partial charge on any atom is -0.439 e. The fourth-order valence-corrected chi connectivity index (χ4v) is 1.94. The van der Waals surface area contributed by atoms with Crippen molar-refractivity contribution in [2.24, 2.45) is 0 Å². The van der Waals surface area contributed by atoms with Gasteiger partial charge in [0.15, 0.2) is 0 Å². The molecular weight excluding hydrogens is 358 g/mol. The molecule has 0 amide bonds. The van der Waals surface area contributed by atoms with Crippen LogP contribution in [0.15, 0.2) is 34.8 Å². The Morgan fingerprint density at radius 2 is 1.90 bits per heavy atom. The fraction of sp³-hybridized carbons (Fsp3) is 0.154. The van der Waals surface area contributed by atoms with Crippen molar-refractivity contribution < 1.29 is 17.9 Å². The largest absolute Gasteiger partial charge is 0.439 e. The minimum absolute atomic E-state index is 0.202. The second-order valence-electron chi connectivity index (χ2n) is 4.03. The number of ether oxygens (including phenoxy) is 1. The maximum absolute atomic E-state index is 12.7. The molecule has 0 aliphatic carbocycles. The van der Waals surface area contributed by atoms with Crippen LogP contribution in [-0.2, 0) is 6.18 Å². The van der Waals surface area contributed by atoms with Crippen molar-refractivity contribution in [3.05, 3.63) is 51.1 Å². The van der Waals surface area contributed by atoms with Crippen LogP contribution in [0.2, 0.25) is 5.15 Å². The highest BCUT2D eigenvalue weighted by Crippen LogP contribution is 2.34. The standard InChI is InChI=1S/C13H8BrClF3NO/c1-7-4-9(2-3-10(7)14)20-12-6-8(13(16,17)18)5-11(15)19-12/h2-6H,1H3. The summed E-state index contributed by atoms with van der Waals surface area (Å²) >= 11 is 8.90. The number of hydrogen-bond acceptors (Lipinski definition) is 2. The molecule has 1 aromatic carbocycles. The normalized spacial score (nSPS) is 11.5. The fourth-order valence-electron chi connectivity index (χ4n) is 1.49. The first-order valence-corrected chi connectivity index (χ1v) is 6.61. The van der Waals surface area contributed by atoms with Crippen molar-refractivity contribution in [2.75, 3.05) is 0 Å². The molecule has 0 saturated carbocycles. The van der Waals surface area contributed by atoms with E-state index in [0.717, 1.165) is 22.2 Å². The second-order valence-corrected chi connectivity index (χ2v) is 5.27. The highest BCUT2D eigenvalue weighted by Gasteiger charge is 2.31. The molecule has 2 aromatic rings. The first-order chi connectivity index (χ1) is 9.25. The topological polar surface area (TPSA) is 22.1 Å². The van der Waals surface area contributed by atoms with Crippen LogP contribution in [0.4, 0.5) is 13.2 Å². The number of aryl methyl sites for hydroxylation is 1. The molecule has 0 atom stereocenters. The maximum Gasteiger partial charge on any atom is 0.416 e. The van der Waals surface area contributed by atoms with Crippen molar-refractivity contribution >= 4 is 27.5 Å². The van der Waals surface area contributed by atoms with Gasteiger partial charge in [-0.2, -0.15) is 13.2 Å². The van der Waals surface area contributed by atoms with Gasteiger partial charge in [0.05, 0.1) is 5.56 Å². The van der Waals surface area contributed by atoms with Crippen LogP contribution in [0.1, 0.15) is 11.1 Å². The molecule has 0 unspecified atom stereocenters. The lowest BCUT2D eigenvalue weighted by atomic mass is 10.2. The summed E-state index contributed by atoms with van der Waals surface area (Å²) in [5, 5.41) is -0.274. The summed E-state index contributed by atoms with van der Waals surface area (Å²) in [5.41, 5.74) is -0.0121. The molecule has 7 heteroatoms. The summed E-state index contributed by atoms with van der Waals surface area (Å²) < 4.78 is 44.2. The Labute approximate surface area is 126 Å². The summed E-state index contributed by atoms with van der Waals surface area (Å²) in [4.78, 5) is 3.73. The monoisotopic (exact) mass is 365 g/mol. The van der Waals surface area contributed by atoms with Gasteiger partial charge in [-0.25, -0.2) is 4.98 Å². The Morgan fingerprint density at radius 1 is 1.20 bits per heavy atom. The smallest absolute Gasteiger partial charge is 0.416 e. The molecule has 20 heavy (non-hydrogen) atoms. The summed E-state index contributed by atoms with van der Waals surface area (Å²) in [6, 6.07) is 6.59. The molecule has 0 aliphatic rings. The van der Waals surface area contributed by atoms with Crippen LogP contribution < -0.4 is 4.74 Å². The van der Waals surface area contributed by atoms with Crippen LogP contribution in [0.25, 0.3) is 0 Å². The van der Waals surface area contributed by atoms with Gasteiger partial charge in [0.1, 0.15) is 10.9 Å². The van der Waals surface area contributed by atoms with Crippen molar-refractivity contribution in [3.8, 4) is 11.6 Å². The second kappa shape index (κ2) is 5.61. The molecule has 1 heterocycles. The zero-order chi connectivity index (χ0) is 14.9. The molecule has 2 rings (SSSR count). The Morgan fingerprint density at radius 3 is 2.50 bits per heavy atom. The van der Waals surface area contributed by atoms with Gasteiger partial charge in [0.2, 0.25) is 5.88 Å². The van der Waals surface area contributed by atoms with Crippen LogP contribution in [-0.4, -0.2) is 4.98 Å². The van der Waals surface area contributed by atoms with E-state index in [2.05, 4.69) is 20.9 Å². The number of halogens is 5. The first kappa shape index (κ1) is 15.1. The van der Waals surface area contributed by atoms with E-state index in [4.69, 9.17) is 16.3 Å².